The number of carbonyl (C=O) groups is 2. The summed E-state index contributed by atoms with van der Waals surface area (Å²) in [6, 6.07) is 0. The first-order chi connectivity index (χ1) is 5.73. The lowest BCUT2D eigenvalue weighted by molar-refractivity contribution is -0.163. The van der Waals surface area contributed by atoms with Crippen LogP contribution in [0.15, 0.2) is 0 Å². The second-order valence-electron chi connectivity index (χ2n) is 3.37. The molecule has 0 bridgehead atoms. The maximum Gasteiger partial charge on any atom is 0.408 e. The molecular formula is C7H12INO4. The maximum absolute atomic E-state index is 11.2. The van der Waals surface area contributed by atoms with E-state index in [1.807, 2.05) is 0 Å². The predicted octanol–water partition coefficient (Wildman–Crippen LogP) is 1.39. The van der Waals surface area contributed by atoms with Gasteiger partial charge in [0, 0.05) is 22.6 Å². The van der Waals surface area contributed by atoms with Crippen molar-refractivity contribution >= 4 is 34.7 Å². The molecule has 0 saturated heterocycles. The van der Waals surface area contributed by atoms with Crippen LogP contribution in [0.2, 0.25) is 0 Å². The lowest BCUT2D eigenvalue weighted by Gasteiger charge is -2.18. The maximum atomic E-state index is 11.2. The van der Waals surface area contributed by atoms with Crippen molar-refractivity contribution in [2.75, 3.05) is 0 Å². The number of amides is 1. The number of esters is 1. The Bertz CT molecular complexity index is 211. The molecule has 1 unspecified atom stereocenters. The van der Waals surface area contributed by atoms with Crippen molar-refractivity contribution in [1.29, 1.82) is 0 Å². The average Bonchev–Trinajstić information content (AvgIpc) is 1.82. The smallest absolute Gasteiger partial charge is 0.408 e. The Morgan fingerprint density at radius 3 is 2.08 bits per heavy atom. The van der Waals surface area contributed by atoms with Gasteiger partial charge in [0.2, 0.25) is 0 Å². The van der Waals surface area contributed by atoms with Crippen LogP contribution in [-0.2, 0) is 14.3 Å². The van der Waals surface area contributed by atoms with Crippen LogP contribution in [0.4, 0.5) is 4.79 Å². The fourth-order valence-electron chi connectivity index (χ4n) is 0.376. The van der Waals surface area contributed by atoms with Crippen LogP contribution in [0, 0.1) is 5.41 Å². The van der Waals surface area contributed by atoms with Gasteiger partial charge >= 0.3 is 12.1 Å². The molecule has 0 aliphatic carbocycles. The standard InChI is InChI=1S/C7H12INO4/c1-7(2,3)4(10)12-5(8)13-6(9)11/h5H,1-3H3,(H2,9,11). The van der Waals surface area contributed by atoms with Gasteiger partial charge in [-0.1, -0.05) is 0 Å². The Morgan fingerprint density at radius 1 is 1.31 bits per heavy atom. The molecule has 0 fully saturated rings. The Balaban J connectivity index is 4.00. The van der Waals surface area contributed by atoms with E-state index in [9.17, 15) is 9.59 Å². The summed E-state index contributed by atoms with van der Waals surface area (Å²) >= 11 is 1.65. The number of carbonyl (C=O) groups excluding carboxylic acids is 2. The van der Waals surface area contributed by atoms with E-state index in [0.717, 1.165) is 0 Å². The molecule has 0 spiro atoms. The van der Waals surface area contributed by atoms with Crippen molar-refractivity contribution in [3.05, 3.63) is 0 Å². The van der Waals surface area contributed by atoms with Crippen LogP contribution in [0.5, 0.6) is 0 Å². The van der Waals surface area contributed by atoms with Gasteiger partial charge in [-0.15, -0.1) is 0 Å². The molecule has 0 aromatic heterocycles. The summed E-state index contributed by atoms with van der Waals surface area (Å²) in [5.74, 6) is -0.451. The Hall–Kier alpha value is -0.530. The lowest BCUT2D eigenvalue weighted by atomic mass is 9.98. The molecule has 6 heteroatoms. The molecule has 76 valence electrons. The zero-order chi connectivity index (χ0) is 10.6. The summed E-state index contributed by atoms with van der Waals surface area (Å²) in [6.07, 6.45) is -0.971. The molecule has 0 radical (unpaired) electrons. The van der Waals surface area contributed by atoms with Gasteiger partial charge in [0.1, 0.15) is 0 Å². The Labute approximate surface area is 90.1 Å². The van der Waals surface area contributed by atoms with Crippen molar-refractivity contribution in [3.63, 3.8) is 0 Å². The third-order valence-corrected chi connectivity index (χ3v) is 1.53. The average molecular weight is 301 g/mol. The molecule has 0 aliphatic rings. The molecule has 0 heterocycles. The molecule has 0 saturated carbocycles. The van der Waals surface area contributed by atoms with E-state index in [-0.39, 0.29) is 0 Å². The first-order valence-electron chi connectivity index (χ1n) is 3.54. The minimum Gasteiger partial charge on any atom is -0.415 e. The van der Waals surface area contributed by atoms with E-state index in [1.54, 1.807) is 43.4 Å². The van der Waals surface area contributed by atoms with Gasteiger partial charge in [-0.25, -0.2) is 4.79 Å². The van der Waals surface area contributed by atoms with E-state index >= 15 is 0 Å². The molecule has 0 aromatic rings. The van der Waals surface area contributed by atoms with Gasteiger partial charge in [0.15, 0.2) is 0 Å². The number of primary amides is 1. The molecule has 13 heavy (non-hydrogen) atoms. The molecular weight excluding hydrogens is 289 g/mol. The molecule has 1 amide bonds. The van der Waals surface area contributed by atoms with Crippen LogP contribution in [0.25, 0.3) is 0 Å². The molecule has 0 rings (SSSR count). The van der Waals surface area contributed by atoms with Gasteiger partial charge in [0.25, 0.3) is 4.30 Å². The second-order valence-corrected chi connectivity index (χ2v) is 4.38. The summed E-state index contributed by atoms with van der Waals surface area (Å²) in [5.41, 5.74) is 4.10. The highest BCUT2D eigenvalue weighted by Gasteiger charge is 2.26. The fraction of sp³-hybridized carbons (Fsp3) is 0.714. The van der Waals surface area contributed by atoms with Crippen LogP contribution >= 0.6 is 22.6 Å². The molecule has 0 aromatic carbocycles. The Morgan fingerprint density at radius 2 is 1.77 bits per heavy atom. The number of hydrogen-bond donors (Lipinski definition) is 1. The summed E-state index contributed by atoms with van der Waals surface area (Å²) < 4.78 is 8.18. The van der Waals surface area contributed by atoms with Crippen molar-refractivity contribution in [2.45, 2.75) is 25.1 Å². The number of rotatable bonds is 2. The zero-order valence-corrected chi connectivity index (χ0v) is 9.82. The highest BCUT2D eigenvalue weighted by molar-refractivity contribution is 14.1. The van der Waals surface area contributed by atoms with Gasteiger partial charge < -0.3 is 15.2 Å². The molecule has 5 nitrogen and oxygen atoms in total. The van der Waals surface area contributed by atoms with E-state index in [1.165, 1.54) is 0 Å². The van der Waals surface area contributed by atoms with Crippen molar-refractivity contribution in [1.82, 2.24) is 0 Å². The largest absolute Gasteiger partial charge is 0.415 e. The number of halogens is 1. The first-order valence-corrected chi connectivity index (χ1v) is 4.79. The van der Waals surface area contributed by atoms with E-state index < -0.39 is 21.8 Å². The van der Waals surface area contributed by atoms with Crippen LogP contribution < -0.4 is 5.73 Å². The third-order valence-electron chi connectivity index (χ3n) is 1.02. The SMILES string of the molecule is CC(C)(C)C(=O)OC(I)OC(N)=O. The molecule has 0 aliphatic heterocycles. The van der Waals surface area contributed by atoms with Crippen LogP contribution in [-0.4, -0.2) is 16.4 Å². The number of hydrogen-bond acceptors (Lipinski definition) is 4. The second kappa shape index (κ2) is 4.64. The highest BCUT2D eigenvalue weighted by atomic mass is 127. The fourth-order valence-corrected chi connectivity index (χ4v) is 0.858. The predicted molar refractivity (Wildman–Crippen MR) is 54.0 cm³/mol. The highest BCUT2D eigenvalue weighted by Crippen LogP contribution is 2.18. The van der Waals surface area contributed by atoms with Gasteiger partial charge in [-0.05, 0) is 20.8 Å². The van der Waals surface area contributed by atoms with Crippen LogP contribution in [0.3, 0.4) is 0 Å². The van der Waals surface area contributed by atoms with Gasteiger partial charge in [0.05, 0.1) is 5.41 Å². The first kappa shape index (κ1) is 12.5. The van der Waals surface area contributed by atoms with E-state index in [2.05, 4.69) is 4.74 Å². The number of alkyl halides is 1. The normalized spacial score (nSPS) is 13.2. The summed E-state index contributed by atoms with van der Waals surface area (Å²) in [4.78, 5) is 21.4. The topological polar surface area (TPSA) is 78.6 Å². The summed E-state index contributed by atoms with van der Waals surface area (Å²) in [6.45, 7) is 5.09. The minimum absolute atomic E-state index is 0.451. The van der Waals surface area contributed by atoms with E-state index in [0.29, 0.717) is 0 Å². The molecule has 2 N–H and O–H groups in total. The van der Waals surface area contributed by atoms with Gasteiger partial charge in [-0.3, -0.25) is 4.79 Å². The summed E-state index contributed by atoms with van der Waals surface area (Å²) in [7, 11) is 0. The van der Waals surface area contributed by atoms with Crippen LogP contribution in [0.1, 0.15) is 20.8 Å². The monoisotopic (exact) mass is 301 g/mol. The van der Waals surface area contributed by atoms with E-state index in [4.69, 9.17) is 10.5 Å². The molecule has 1 atom stereocenters. The van der Waals surface area contributed by atoms with Crippen molar-refractivity contribution in [3.8, 4) is 0 Å². The van der Waals surface area contributed by atoms with Crippen molar-refractivity contribution in [2.24, 2.45) is 11.1 Å². The Kier molecular flexibility index (Phi) is 4.45. The number of nitrogens with two attached hydrogens (primary N) is 1. The lowest BCUT2D eigenvalue weighted by Crippen LogP contribution is -2.29. The zero-order valence-electron chi connectivity index (χ0n) is 7.67. The third kappa shape index (κ3) is 5.67. The number of ether oxygens (including phenoxy) is 2. The minimum atomic E-state index is -0.971. The summed E-state index contributed by atoms with van der Waals surface area (Å²) in [5, 5.41) is 0. The quantitative estimate of drug-likeness (QED) is 0.362. The van der Waals surface area contributed by atoms with Gasteiger partial charge in [-0.2, -0.15) is 0 Å². The van der Waals surface area contributed by atoms with Crippen molar-refractivity contribution < 1.29 is 19.1 Å².